The van der Waals surface area contributed by atoms with E-state index in [0.717, 1.165) is 18.2 Å². The molecule has 0 aromatic heterocycles. The molecule has 1 saturated heterocycles. The fourth-order valence-electron chi connectivity index (χ4n) is 2.05. The minimum Gasteiger partial charge on any atom is -0.478 e. The summed E-state index contributed by atoms with van der Waals surface area (Å²) in [7, 11) is 0. The van der Waals surface area contributed by atoms with Gasteiger partial charge in [0.2, 0.25) is 0 Å². The van der Waals surface area contributed by atoms with Crippen molar-refractivity contribution in [2.75, 3.05) is 11.9 Å². The third kappa shape index (κ3) is 3.24. The number of carbonyl (C=O) groups excluding carboxylic acids is 1. The number of carbonyl (C=O) groups is 2. The minimum absolute atomic E-state index is 0.0819. The molecule has 20 heavy (non-hydrogen) atoms. The molecule has 1 aromatic rings. The first-order valence-corrected chi connectivity index (χ1v) is 6.19. The number of rotatable bonds is 3. The molecule has 1 aliphatic heterocycles. The Balaban J connectivity index is 2.07. The Morgan fingerprint density at radius 1 is 1.45 bits per heavy atom. The van der Waals surface area contributed by atoms with Crippen LogP contribution in [-0.2, 0) is 4.74 Å². The van der Waals surface area contributed by atoms with Gasteiger partial charge in [-0.25, -0.2) is 14.0 Å². The summed E-state index contributed by atoms with van der Waals surface area (Å²) in [6.45, 7) is 2.40. The highest BCUT2D eigenvalue weighted by molar-refractivity contribution is 6.00. The van der Waals surface area contributed by atoms with Gasteiger partial charge in [0.1, 0.15) is 5.82 Å². The molecule has 0 bridgehead atoms. The molecular weight excluding hydrogens is 267 g/mol. The molecule has 0 aliphatic carbocycles. The molecule has 108 valence electrons. The average molecular weight is 282 g/mol. The molecule has 1 heterocycles. The van der Waals surface area contributed by atoms with Gasteiger partial charge in [-0.05, 0) is 31.5 Å². The second kappa shape index (κ2) is 5.87. The third-order valence-corrected chi connectivity index (χ3v) is 3.15. The molecule has 0 radical (unpaired) electrons. The van der Waals surface area contributed by atoms with Crippen molar-refractivity contribution >= 4 is 17.7 Å². The second-order valence-electron chi connectivity index (χ2n) is 4.56. The molecule has 0 saturated carbocycles. The summed E-state index contributed by atoms with van der Waals surface area (Å²) in [6, 6.07) is 2.38. The molecule has 0 spiro atoms. The molecular formula is C13H15FN2O4. The number of nitrogens with one attached hydrogen (secondary N) is 2. The number of halogens is 1. The van der Waals surface area contributed by atoms with Gasteiger partial charge in [-0.15, -0.1) is 0 Å². The Hall–Kier alpha value is -2.15. The molecule has 3 N–H and O–H groups in total. The van der Waals surface area contributed by atoms with Gasteiger partial charge in [0.15, 0.2) is 0 Å². The highest BCUT2D eigenvalue weighted by Gasteiger charge is 2.26. The summed E-state index contributed by atoms with van der Waals surface area (Å²) in [5.74, 6) is -1.86. The summed E-state index contributed by atoms with van der Waals surface area (Å²) in [4.78, 5) is 22.8. The van der Waals surface area contributed by atoms with Crippen molar-refractivity contribution in [2.24, 2.45) is 0 Å². The first-order chi connectivity index (χ1) is 9.47. The molecule has 2 rings (SSSR count). The van der Waals surface area contributed by atoms with Crippen LogP contribution in [0.3, 0.4) is 0 Å². The number of carboxylic acid groups (broad SMARTS) is 1. The Labute approximate surface area is 114 Å². The quantitative estimate of drug-likeness (QED) is 0.789. The van der Waals surface area contributed by atoms with Crippen molar-refractivity contribution in [3.8, 4) is 0 Å². The third-order valence-electron chi connectivity index (χ3n) is 3.15. The average Bonchev–Trinajstić information content (AvgIpc) is 2.74. The van der Waals surface area contributed by atoms with Crippen molar-refractivity contribution in [1.29, 1.82) is 0 Å². The van der Waals surface area contributed by atoms with E-state index in [2.05, 4.69) is 10.6 Å². The number of benzene rings is 1. The van der Waals surface area contributed by atoms with Crippen molar-refractivity contribution in [3.05, 3.63) is 29.6 Å². The van der Waals surface area contributed by atoms with E-state index in [-0.39, 0.29) is 23.4 Å². The molecule has 1 fully saturated rings. The van der Waals surface area contributed by atoms with Crippen LogP contribution in [0.1, 0.15) is 23.7 Å². The fourth-order valence-corrected chi connectivity index (χ4v) is 2.05. The van der Waals surface area contributed by atoms with E-state index in [1.807, 2.05) is 6.92 Å². The highest BCUT2D eigenvalue weighted by atomic mass is 19.1. The van der Waals surface area contributed by atoms with E-state index < -0.39 is 17.8 Å². The number of aromatic carboxylic acids is 1. The highest BCUT2D eigenvalue weighted by Crippen LogP contribution is 2.18. The van der Waals surface area contributed by atoms with Crippen LogP contribution in [0, 0.1) is 5.82 Å². The fraction of sp³-hybridized carbons (Fsp3) is 0.385. The first-order valence-electron chi connectivity index (χ1n) is 6.19. The monoisotopic (exact) mass is 282 g/mol. The topological polar surface area (TPSA) is 87.7 Å². The first kappa shape index (κ1) is 14.3. The SMILES string of the molecule is CC1OCCC1NC(=O)Nc1cc(F)ccc1C(=O)O. The van der Waals surface area contributed by atoms with Crippen LogP contribution >= 0.6 is 0 Å². The Kier molecular flexibility index (Phi) is 4.19. The standard InChI is InChI=1S/C13H15FN2O4/c1-7-10(4-5-20-7)15-13(19)16-11-6-8(14)2-3-9(11)12(17)18/h2-3,6-7,10H,4-5H2,1H3,(H,17,18)(H2,15,16,19). The van der Waals surface area contributed by atoms with Crippen LogP contribution in [0.5, 0.6) is 0 Å². The van der Waals surface area contributed by atoms with E-state index in [0.29, 0.717) is 13.0 Å². The zero-order chi connectivity index (χ0) is 14.7. The van der Waals surface area contributed by atoms with Gasteiger partial charge >= 0.3 is 12.0 Å². The Morgan fingerprint density at radius 3 is 2.80 bits per heavy atom. The van der Waals surface area contributed by atoms with Crippen LogP contribution < -0.4 is 10.6 Å². The number of anilines is 1. The van der Waals surface area contributed by atoms with E-state index in [1.54, 1.807) is 0 Å². The van der Waals surface area contributed by atoms with Crippen LogP contribution in [0.15, 0.2) is 18.2 Å². The Morgan fingerprint density at radius 2 is 2.20 bits per heavy atom. The molecule has 1 aromatic carbocycles. The number of carboxylic acids is 1. The van der Waals surface area contributed by atoms with Gasteiger partial charge in [-0.2, -0.15) is 0 Å². The van der Waals surface area contributed by atoms with E-state index in [9.17, 15) is 14.0 Å². The maximum absolute atomic E-state index is 13.1. The lowest BCUT2D eigenvalue weighted by Crippen LogP contribution is -2.41. The van der Waals surface area contributed by atoms with Crippen LogP contribution in [-0.4, -0.2) is 35.9 Å². The number of amides is 2. The normalized spacial score (nSPS) is 21.5. The van der Waals surface area contributed by atoms with Gasteiger partial charge in [-0.1, -0.05) is 0 Å². The summed E-state index contributed by atoms with van der Waals surface area (Å²) in [6.07, 6.45) is 0.580. The largest absolute Gasteiger partial charge is 0.478 e. The van der Waals surface area contributed by atoms with Gasteiger partial charge < -0.3 is 20.5 Å². The molecule has 2 atom stereocenters. The van der Waals surface area contributed by atoms with Crippen LogP contribution in [0.4, 0.5) is 14.9 Å². The van der Waals surface area contributed by atoms with Crippen molar-refractivity contribution < 1.29 is 23.8 Å². The van der Waals surface area contributed by atoms with Crippen molar-refractivity contribution in [1.82, 2.24) is 5.32 Å². The molecule has 6 nitrogen and oxygen atoms in total. The molecule has 2 unspecified atom stereocenters. The molecule has 7 heteroatoms. The number of hydrogen-bond donors (Lipinski definition) is 3. The zero-order valence-corrected chi connectivity index (χ0v) is 10.9. The predicted molar refractivity (Wildman–Crippen MR) is 69.3 cm³/mol. The summed E-state index contributed by atoms with van der Waals surface area (Å²) < 4.78 is 18.4. The van der Waals surface area contributed by atoms with Crippen LogP contribution in [0.2, 0.25) is 0 Å². The smallest absolute Gasteiger partial charge is 0.337 e. The van der Waals surface area contributed by atoms with E-state index in [4.69, 9.17) is 9.84 Å². The lowest BCUT2D eigenvalue weighted by molar-refractivity contribution is 0.0698. The second-order valence-corrected chi connectivity index (χ2v) is 4.56. The predicted octanol–water partition coefficient (Wildman–Crippen LogP) is 1.82. The maximum Gasteiger partial charge on any atom is 0.337 e. The number of ether oxygens (including phenoxy) is 1. The van der Waals surface area contributed by atoms with Gasteiger partial charge in [0.25, 0.3) is 0 Å². The maximum atomic E-state index is 13.1. The van der Waals surface area contributed by atoms with Gasteiger partial charge in [0, 0.05) is 6.61 Å². The van der Waals surface area contributed by atoms with Crippen molar-refractivity contribution in [2.45, 2.75) is 25.5 Å². The summed E-state index contributed by atoms with van der Waals surface area (Å²) >= 11 is 0. The van der Waals surface area contributed by atoms with E-state index >= 15 is 0 Å². The van der Waals surface area contributed by atoms with E-state index in [1.165, 1.54) is 0 Å². The summed E-state index contributed by atoms with van der Waals surface area (Å²) in [5, 5.41) is 14.0. The Bertz CT molecular complexity index is 535. The van der Waals surface area contributed by atoms with Crippen LogP contribution in [0.25, 0.3) is 0 Å². The zero-order valence-electron chi connectivity index (χ0n) is 10.9. The molecule has 1 aliphatic rings. The van der Waals surface area contributed by atoms with Crippen molar-refractivity contribution in [3.63, 3.8) is 0 Å². The lowest BCUT2D eigenvalue weighted by Gasteiger charge is -2.17. The van der Waals surface area contributed by atoms with Gasteiger partial charge in [0.05, 0.1) is 23.4 Å². The minimum atomic E-state index is -1.24. The van der Waals surface area contributed by atoms with Gasteiger partial charge in [-0.3, -0.25) is 0 Å². The molecule has 2 amide bonds. The lowest BCUT2D eigenvalue weighted by atomic mass is 10.1. The summed E-state index contributed by atoms with van der Waals surface area (Å²) in [5.41, 5.74) is -0.251. The number of hydrogen-bond acceptors (Lipinski definition) is 3. The number of urea groups is 1.